The van der Waals surface area contributed by atoms with Crippen LogP contribution in [0.1, 0.15) is 18.1 Å². The van der Waals surface area contributed by atoms with Gasteiger partial charge in [-0.1, -0.05) is 0 Å². The molecule has 0 aliphatic heterocycles. The van der Waals surface area contributed by atoms with Gasteiger partial charge in [-0.25, -0.2) is 0 Å². The van der Waals surface area contributed by atoms with Crippen molar-refractivity contribution in [3.8, 4) is 0 Å². The fraction of sp³-hybridized carbons (Fsp3) is 0.571. The van der Waals surface area contributed by atoms with E-state index in [-0.39, 0.29) is 0 Å². The van der Waals surface area contributed by atoms with E-state index in [0.717, 1.165) is 5.56 Å². The minimum atomic E-state index is -0.464. The van der Waals surface area contributed by atoms with Gasteiger partial charge in [0.15, 0.2) is 0 Å². The highest BCUT2D eigenvalue weighted by atomic mass is 16.3. The summed E-state index contributed by atoms with van der Waals surface area (Å²) in [5, 5.41) is 13.3. The van der Waals surface area contributed by atoms with Gasteiger partial charge in [0, 0.05) is 18.8 Å². The van der Waals surface area contributed by atoms with E-state index in [4.69, 9.17) is 5.73 Å². The Morgan fingerprint density at radius 2 is 2.55 bits per heavy atom. The first-order chi connectivity index (χ1) is 5.24. The maximum absolute atomic E-state index is 9.40. The Morgan fingerprint density at radius 3 is 3.00 bits per heavy atom. The topological polar surface area (TPSA) is 64.1 Å². The van der Waals surface area contributed by atoms with Gasteiger partial charge in [0.1, 0.15) is 0 Å². The van der Waals surface area contributed by atoms with Crippen LogP contribution in [0.4, 0.5) is 0 Å². The van der Waals surface area contributed by atoms with Crippen LogP contribution in [0.3, 0.4) is 0 Å². The van der Waals surface area contributed by atoms with Gasteiger partial charge in [-0.15, -0.1) is 0 Å². The molecule has 1 heterocycles. The normalized spacial score (nSPS) is 13.4. The highest BCUT2D eigenvalue weighted by Gasteiger charge is 2.06. The van der Waals surface area contributed by atoms with Crippen LogP contribution in [-0.4, -0.2) is 21.4 Å². The lowest BCUT2D eigenvalue weighted by atomic mass is 10.1. The van der Waals surface area contributed by atoms with E-state index >= 15 is 0 Å². The molecule has 0 aliphatic carbocycles. The van der Waals surface area contributed by atoms with Crippen molar-refractivity contribution < 1.29 is 5.11 Å². The average Bonchev–Trinajstić information content (AvgIpc) is 2.36. The molecule has 0 fully saturated rings. The summed E-state index contributed by atoms with van der Waals surface area (Å²) in [5.74, 6) is 0. The lowest BCUT2D eigenvalue weighted by molar-refractivity contribution is 0.170. The minimum absolute atomic E-state index is 0.464. The maximum atomic E-state index is 9.40. The molecule has 1 unspecified atom stereocenters. The van der Waals surface area contributed by atoms with Gasteiger partial charge in [0.05, 0.1) is 12.3 Å². The van der Waals surface area contributed by atoms with Gasteiger partial charge in [-0.2, -0.15) is 5.10 Å². The standard InChI is InChI=1S/C7H13N3O/c1-10-5-6(4-9-10)7(11)2-3-8/h4-5,7,11H,2-3,8H2,1H3. The smallest absolute Gasteiger partial charge is 0.0832 e. The molecule has 1 atom stereocenters. The molecule has 0 aliphatic rings. The van der Waals surface area contributed by atoms with Crippen LogP contribution < -0.4 is 5.73 Å². The lowest BCUT2D eigenvalue weighted by Gasteiger charge is -2.04. The van der Waals surface area contributed by atoms with Crippen LogP contribution in [-0.2, 0) is 7.05 Å². The lowest BCUT2D eigenvalue weighted by Crippen LogP contribution is -2.05. The fourth-order valence-electron chi connectivity index (χ4n) is 0.937. The molecule has 0 amide bonds. The Kier molecular flexibility index (Phi) is 2.62. The first kappa shape index (κ1) is 8.23. The third kappa shape index (κ3) is 2.03. The van der Waals surface area contributed by atoms with E-state index in [2.05, 4.69) is 5.10 Å². The van der Waals surface area contributed by atoms with Crippen molar-refractivity contribution in [3.05, 3.63) is 18.0 Å². The predicted molar refractivity (Wildman–Crippen MR) is 41.8 cm³/mol. The quantitative estimate of drug-likeness (QED) is 0.635. The molecular weight excluding hydrogens is 142 g/mol. The second kappa shape index (κ2) is 3.50. The van der Waals surface area contributed by atoms with Crippen LogP contribution >= 0.6 is 0 Å². The molecule has 0 saturated carbocycles. The number of aryl methyl sites for hydroxylation is 1. The monoisotopic (exact) mass is 155 g/mol. The summed E-state index contributed by atoms with van der Waals surface area (Å²) in [7, 11) is 1.82. The van der Waals surface area contributed by atoms with Crippen molar-refractivity contribution >= 4 is 0 Å². The summed E-state index contributed by atoms with van der Waals surface area (Å²) < 4.78 is 1.66. The molecule has 1 aromatic rings. The summed E-state index contributed by atoms with van der Waals surface area (Å²) in [6, 6.07) is 0. The highest BCUT2D eigenvalue weighted by molar-refractivity contribution is 5.07. The minimum Gasteiger partial charge on any atom is -0.388 e. The van der Waals surface area contributed by atoms with Crippen molar-refractivity contribution in [1.29, 1.82) is 0 Å². The Morgan fingerprint density at radius 1 is 1.82 bits per heavy atom. The zero-order chi connectivity index (χ0) is 8.27. The van der Waals surface area contributed by atoms with Crippen LogP contribution in [0.25, 0.3) is 0 Å². The van der Waals surface area contributed by atoms with Crippen molar-refractivity contribution in [2.45, 2.75) is 12.5 Å². The van der Waals surface area contributed by atoms with Crippen LogP contribution in [0.2, 0.25) is 0 Å². The third-order valence-electron chi connectivity index (χ3n) is 1.55. The van der Waals surface area contributed by atoms with Gasteiger partial charge in [0.2, 0.25) is 0 Å². The second-order valence-electron chi connectivity index (χ2n) is 2.54. The number of aromatic nitrogens is 2. The second-order valence-corrected chi connectivity index (χ2v) is 2.54. The number of nitrogens with two attached hydrogens (primary N) is 1. The summed E-state index contributed by atoms with van der Waals surface area (Å²) >= 11 is 0. The van der Waals surface area contributed by atoms with E-state index in [1.165, 1.54) is 0 Å². The van der Waals surface area contributed by atoms with E-state index in [9.17, 15) is 5.11 Å². The van der Waals surface area contributed by atoms with Gasteiger partial charge in [-0.3, -0.25) is 4.68 Å². The molecule has 1 rings (SSSR count). The van der Waals surface area contributed by atoms with Gasteiger partial charge >= 0.3 is 0 Å². The van der Waals surface area contributed by atoms with Crippen molar-refractivity contribution in [2.24, 2.45) is 12.8 Å². The summed E-state index contributed by atoms with van der Waals surface area (Å²) in [6.45, 7) is 0.496. The molecule has 0 saturated heterocycles. The largest absolute Gasteiger partial charge is 0.388 e. The number of aliphatic hydroxyl groups is 1. The fourth-order valence-corrected chi connectivity index (χ4v) is 0.937. The van der Waals surface area contributed by atoms with Gasteiger partial charge < -0.3 is 10.8 Å². The molecule has 62 valence electrons. The highest BCUT2D eigenvalue weighted by Crippen LogP contribution is 2.13. The van der Waals surface area contributed by atoms with Crippen molar-refractivity contribution in [3.63, 3.8) is 0 Å². The Balaban J connectivity index is 2.60. The van der Waals surface area contributed by atoms with E-state index in [0.29, 0.717) is 13.0 Å². The number of hydrogen-bond donors (Lipinski definition) is 2. The van der Waals surface area contributed by atoms with Crippen LogP contribution in [0, 0.1) is 0 Å². The molecule has 11 heavy (non-hydrogen) atoms. The number of nitrogens with zero attached hydrogens (tertiary/aromatic N) is 2. The zero-order valence-electron chi connectivity index (χ0n) is 6.57. The molecule has 0 bridgehead atoms. The predicted octanol–water partition coefficient (Wildman–Crippen LogP) is -0.198. The maximum Gasteiger partial charge on any atom is 0.0832 e. The molecular formula is C7H13N3O. The van der Waals surface area contributed by atoms with E-state index < -0.39 is 6.10 Å². The average molecular weight is 155 g/mol. The Bertz CT molecular complexity index is 221. The number of hydrogen-bond acceptors (Lipinski definition) is 3. The molecule has 0 spiro atoms. The van der Waals surface area contributed by atoms with E-state index in [1.54, 1.807) is 17.1 Å². The first-order valence-electron chi connectivity index (χ1n) is 3.60. The Hall–Kier alpha value is -0.870. The van der Waals surface area contributed by atoms with Crippen molar-refractivity contribution in [2.75, 3.05) is 6.54 Å². The summed E-state index contributed by atoms with van der Waals surface area (Å²) in [6.07, 6.45) is 3.57. The molecule has 0 radical (unpaired) electrons. The Labute approximate surface area is 65.6 Å². The van der Waals surface area contributed by atoms with Crippen LogP contribution in [0.5, 0.6) is 0 Å². The van der Waals surface area contributed by atoms with Gasteiger partial charge in [-0.05, 0) is 13.0 Å². The molecule has 0 aromatic carbocycles. The zero-order valence-corrected chi connectivity index (χ0v) is 6.57. The van der Waals surface area contributed by atoms with E-state index in [1.807, 2.05) is 7.05 Å². The summed E-state index contributed by atoms with van der Waals surface area (Å²) in [4.78, 5) is 0. The third-order valence-corrected chi connectivity index (χ3v) is 1.55. The molecule has 3 N–H and O–H groups in total. The molecule has 4 nitrogen and oxygen atoms in total. The number of aliphatic hydroxyl groups excluding tert-OH is 1. The number of rotatable bonds is 3. The molecule has 4 heteroatoms. The SMILES string of the molecule is Cn1cc(C(O)CCN)cn1. The van der Waals surface area contributed by atoms with Gasteiger partial charge in [0.25, 0.3) is 0 Å². The van der Waals surface area contributed by atoms with Crippen LogP contribution in [0.15, 0.2) is 12.4 Å². The molecule has 1 aromatic heterocycles. The summed E-state index contributed by atoms with van der Waals surface area (Å²) in [5.41, 5.74) is 6.12. The first-order valence-corrected chi connectivity index (χ1v) is 3.60. The van der Waals surface area contributed by atoms with Crippen molar-refractivity contribution in [1.82, 2.24) is 9.78 Å².